The van der Waals surface area contributed by atoms with Gasteiger partial charge in [-0.05, 0) is 73.6 Å². The lowest BCUT2D eigenvalue weighted by atomic mass is 9.83. The Morgan fingerprint density at radius 1 is 1.19 bits per heavy atom. The largest absolute Gasteiger partial charge is 0.347 e. The predicted molar refractivity (Wildman–Crippen MR) is 127 cm³/mol. The van der Waals surface area contributed by atoms with Crippen molar-refractivity contribution in [3.8, 4) is 11.1 Å². The summed E-state index contributed by atoms with van der Waals surface area (Å²) in [5.41, 5.74) is 2.22. The van der Waals surface area contributed by atoms with E-state index in [1.807, 2.05) is 6.92 Å². The maximum Gasteiger partial charge on any atom is 0.333 e. The van der Waals surface area contributed by atoms with Gasteiger partial charge >= 0.3 is 6.55 Å². The van der Waals surface area contributed by atoms with Gasteiger partial charge in [0.15, 0.2) is 0 Å². The van der Waals surface area contributed by atoms with E-state index in [4.69, 9.17) is 0 Å². The maximum atomic E-state index is 14.2. The van der Waals surface area contributed by atoms with Gasteiger partial charge in [-0.15, -0.1) is 0 Å². The van der Waals surface area contributed by atoms with Crippen LogP contribution in [0.5, 0.6) is 0 Å². The van der Waals surface area contributed by atoms with Crippen LogP contribution in [0.4, 0.5) is 18.9 Å². The van der Waals surface area contributed by atoms with E-state index in [2.05, 4.69) is 15.4 Å². The SMILES string of the molecule is Cc1cc(N2CC[C@@](C)(C3CC3)C2=O)cc(C(=O)NCc2cc(F)cc(-c3cnn(C(F)F)c3)c2)n1. The summed E-state index contributed by atoms with van der Waals surface area (Å²) in [6, 6.07) is 7.49. The Bertz CT molecular complexity index is 1340. The fraction of sp³-hybridized carbons (Fsp3) is 0.385. The van der Waals surface area contributed by atoms with Gasteiger partial charge in [-0.25, -0.2) is 14.1 Å². The van der Waals surface area contributed by atoms with E-state index in [-0.39, 0.29) is 23.6 Å². The average Bonchev–Trinajstić information content (AvgIpc) is 3.49. The maximum absolute atomic E-state index is 14.2. The summed E-state index contributed by atoms with van der Waals surface area (Å²) in [6.07, 6.45) is 5.31. The molecule has 2 aromatic heterocycles. The highest BCUT2D eigenvalue weighted by Crippen LogP contribution is 2.51. The van der Waals surface area contributed by atoms with Crippen molar-refractivity contribution in [1.82, 2.24) is 20.1 Å². The zero-order valence-electron chi connectivity index (χ0n) is 20.0. The summed E-state index contributed by atoms with van der Waals surface area (Å²) in [5, 5.41) is 6.31. The summed E-state index contributed by atoms with van der Waals surface area (Å²) >= 11 is 0. The Labute approximate surface area is 206 Å². The Hall–Kier alpha value is -3.69. The number of halogens is 3. The Morgan fingerprint density at radius 3 is 2.67 bits per heavy atom. The van der Waals surface area contributed by atoms with Crippen LogP contribution in [-0.2, 0) is 11.3 Å². The van der Waals surface area contributed by atoms with Gasteiger partial charge in [-0.2, -0.15) is 13.9 Å². The predicted octanol–water partition coefficient (Wildman–Crippen LogP) is 4.87. The Kier molecular flexibility index (Phi) is 6.05. The van der Waals surface area contributed by atoms with Gasteiger partial charge in [-0.1, -0.05) is 6.92 Å². The molecule has 3 heterocycles. The van der Waals surface area contributed by atoms with Crippen molar-refractivity contribution in [2.75, 3.05) is 11.4 Å². The number of nitrogens with zero attached hydrogens (tertiary/aromatic N) is 4. The molecule has 2 aliphatic rings. The third-order valence-corrected chi connectivity index (χ3v) is 7.09. The topological polar surface area (TPSA) is 80.1 Å². The van der Waals surface area contributed by atoms with Crippen molar-refractivity contribution in [2.24, 2.45) is 11.3 Å². The van der Waals surface area contributed by atoms with Crippen molar-refractivity contribution in [3.05, 3.63) is 65.5 Å². The fourth-order valence-corrected chi connectivity index (χ4v) is 4.91. The lowest BCUT2D eigenvalue weighted by Gasteiger charge is -2.23. The first-order chi connectivity index (χ1) is 17.1. The Balaban J connectivity index is 1.31. The first-order valence-electron chi connectivity index (χ1n) is 11.8. The van der Waals surface area contributed by atoms with E-state index < -0.39 is 18.3 Å². The molecular formula is C26H26F3N5O2. The molecule has 1 aliphatic heterocycles. The van der Waals surface area contributed by atoms with Crippen LogP contribution in [0, 0.1) is 24.1 Å². The average molecular weight is 498 g/mol. The third-order valence-electron chi connectivity index (χ3n) is 7.09. The van der Waals surface area contributed by atoms with Crippen LogP contribution >= 0.6 is 0 Å². The monoisotopic (exact) mass is 497 g/mol. The zero-order chi connectivity index (χ0) is 25.6. The molecule has 0 unspecified atom stereocenters. The number of carbonyl (C=O) groups is 2. The molecule has 7 nitrogen and oxygen atoms in total. The van der Waals surface area contributed by atoms with E-state index in [0.29, 0.717) is 45.2 Å². The molecule has 1 aliphatic carbocycles. The van der Waals surface area contributed by atoms with Crippen LogP contribution in [-0.4, -0.2) is 33.1 Å². The van der Waals surface area contributed by atoms with Crippen LogP contribution in [0.1, 0.15) is 54.5 Å². The van der Waals surface area contributed by atoms with Gasteiger partial charge in [0, 0.05) is 36.2 Å². The molecule has 0 spiro atoms. The highest BCUT2D eigenvalue weighted by Gasteiger charge is 2.52. The molecule has 0 bridgehead atoms. The van der Waals surface area contributed by atoms with Gasteiger partial charge < -0.3 is 10.2 Å². The number of amides is 2. The van der Waals surface area contributed by atoms with Crippen LogP contribution < -0.4 is 10.2 Å². The molecular weight excluding hydrogens is 471 g/mol. The molecule has 10 heteroatoms. The van der Waals surface area contributed by atoms with E-state index in [1.165, 1.54) is 18.3 Å². The summed E-state index contributed by atoms with van der Waals surface area (Å²) < 4.78 is 40.4. The molecule has 36 heavy (non-hydrogen) atoms. The standard InChI is InChI=1S/C26H26F3N5O2/c1-15-7-21(33-6-5-26(2,24(33)36)19-3-4-19)11-22(32-15)23(35)30-12-16-8-17(10-20(27)9-16)18-13-31-34(14-18)25(28)29/h7-11,13-14,19,25H,3-6,12H2,1-2H3,(H,30,35)/t26-/m0/s1. The van der Waals surface area contributed by atoms with Crippen LogP contribution in [0.15, 0.2) is 42.7 Å². The van der Waals surface area contributed by atoms with Crippen molar-refractivity contribution in [1.29, 1.82) is 0 Å². The second-order valence-electron chi connectivity index (χ2n) is 9.77. The number of rotatable bonds is 7. The van der Waals surface area contributed by atoms with Crippen LogP contribution in [0.3, 0.4) is 0 Å². The molecule has 1 atom stereocenters. The second kappa shape index (κ2) is 9.07. The summed E-state index contributed by atoms with van der Waals surface area (Å²) in [6.45, 7) is 1.60. The van der Waals surface area contributed by atoms with Crippen molar-refractivity contribution >= 4 is 17.5 Å². The molecule has 1 saturated carbocycles. The molecule has 188 valence electrons. The first kappa shape index (κ1) is 24.0. The van der Waals surface area contributed by atoms with E-state index in [1.54, 1.807) is 30.0 Å². The molecule has 2 amide bonds. The minimum Gasteiger partial charge on any atom is -0.347 e. The summed E-state index contributed by atoms with van der Waals surface area (Å²) in [5.74, 6) is -0.511. The number of aryl methyl sites for hydroxylation is 1. The van der Waals surface area contributed by atoms with Gasteiger partial charge in [0.1, 0.15) is 11.5 Å². The summed E-state index contributed by atoms with van der Waals surface area (Å²) in [7, 11) is 0. The number of benzene rings is 1. The number of hydrogen-bond acceptors (Lipinski definition) is 4. The Morgan fingerprint density at radius 2 is 1.97 bits per heavy atom. The van der Waals surface area contributed by atoms with E-state index >= 15 is 0 Å². The number of carbonyl (C=O) groups excluding carboxylic acids is 2. The van der Waals surface area contributed by atoms with Crippen molar-refractivity contribution in [2.45, 2.75) is 46.2 Å². The molecule has 1 saturated heterocycles. The molecule has 0 radical (unpaired) electrons. The number of anilines is 1. The van der Waals surface area contributed by atoms with Gasteiger partial charge in [-0.3, -0.25) is 9.59 Å². The van der Waals surface area contributed by atoms with Crippen LogP contribution in [0.25, 0.3) is 11.1 Å². The second-order valence-corrected chi connectivity index (χ2v) is 9.77. The number of pyridine rings is 1. The van der Waals surface area contributed by atoms with Crippen molar-refractivity contribution < 1.29 is 22.8 Å². The zero-order valence-corrected chi connectivity index (χ0v) is 20.0. The number of nitrogens with one attached hydrogen (secondary N) is 1. The minimum atomic E-state index is -2.80. The summed E-state index contributed by atoms with van der Waals surface area (Å²) in [4.78, 5) is 32.1. The highest BCUT2D eigenvalue weighted by molar-refractivity contribution is 6.01. The van der Waals surface area contributed by atoms with E-state index in [0.717, 1.165) is 25.5 Å². The number of hydrogen-bond donors (Lipinski definition) is 1. The third kappa shape index (κ3) is 4.59. The first-order valence-corrected chi connectivity index (χ1v) is 11.8. The highest BCUT2D eigenvalue weighted by atomic mass is 19.3. The molecule has 1 N–H and O–H groups in total. The fourth-order valence-electron chi connectivity index (χ4n) is 4.91. The molecule has 3 aromatic rings. The number of alkyl halides is 2. The normalized spacial score (nSPS) is 19.8. The van der Waals surface area contributed by atoms with Crippen LogP contribution in [0.2, 0.25) is 0 Å². The van der Waals surface area contributed by atoms with Gasteiger partial charge in [0.2, 0.25) is 5.91 Å². The lowest BCUT2D eigenvalue weighted by molar-refractivity contribution is -0.125. The van der Waals surface area contributed by atoms with Crippen molar-refractivity contribution in [3.63, 3.8) is 0 Å². The lowest BCUT2D eigenvalue weighted by Crippen LogP contribution is -2.34. The van der Waals surface area contributed by atoms with Gasteiger partial charge in [0.25, 0.3) is 5.91 Å². The molecule has 1 aromatic carbocycles. The van der Waals surface area contributed by atoms with E-state index in [9.17, 15) is 22.8 Å². The molecule has 2 fully saturated rings. The molecule has 5 rings (SSSR count). The smallest absolute Gasteiger partial charge is 0.333 e. The minimum absolute atomic E-state index is 0.0000705. The number of aromatic nitrogens is 3. The van der Waals surface area contributed by atoms with Gasteiger partial charge in [0.05, 0.1) is 11.6 Å². The quantitative estimate of drug-likeness (QED) is 0.505.